The second kappa shape index (κ2) is 9.95. The lowest BCUT2D eigenvalue weighted by atomic mass is 9.99. The minimum atomic E-state index is -4.43. The highest BCUT2D eigenvalue weighted by molar-refractivity contribution is 5.78. The molecule has 0 spiro atoms. The number of halogens is 3. The molecule has 7 heteroatoms. The number of carbonyl (C=O) groups is 2. The van der Waals surface area contributed by atoms with Crippen molar-refractivity contribution in [2.24, 2.45) is 5.92 Å². The Morgan fingerprint density at radius 1 is 1.00 bits per heavy atom. The van der Waals surface area contributed by atoms with Crippen LogP contribution in [0.1, 0.15) is 40.0 Å². The molecule has 136 valence electrons. The van der Waals surface area contributed by atoms with E-state index in [9.17, 15) is 22.8 Å². The number of esters is 1. The molecular formula is C17H23F3O4. The Kier molecular flexibility index (Phi) is 9.10. The van der Waals surface area contributed by atoms with Gasteiger partial charge in [0, 0.05) is 6.42 Å². The normalized spacial score (nSPS) is 12.6. The smallest absolute Gasteiger partial charge is 0.389 e. The fraction of sp³-hybridized carbons (Fsp3) is 0.529. The Balaban J connectivity index is 0.000000728. The van der Waals surface area contributed by atoms with Gasteiger partial charge in [0.2, 0.25) is 0 Å². The third kappa shape index (κ3) is 13.6. The summed E-state index contributed by atoms with van der Waals surface area (Å²) in [6, 6.07) is 12.0. The Labute approximate surface area is 139 Å². The molecule has 24 heavy (non-hydrogen) atoms. The number of ether oxygens (including phenoxy) is 1. The number of aliphatic carboxylic acids is 1. The maximum Gasteiger partial charge on any atom is 0.389 e. The van der Waals surface area contributed by atoms with Crippen LogP contribution in [0.2, 0.25) is 0 Å². The molecule has 0 bridgehead atoms. The minimum Gasteiger partial charge on any atom is -0.481 e. The summed E-state index contributed by atoms with van der Waals surface area (Å²) in [5.41, 5.74) is -0.788. The lowest BCUT2D eigenvalue weighted by molar-refractivity contribution is -0.162. The third-order valence-electron chi connectivity index (χ3n) is 2.63. The van der Waals surface area contributed by atoms with Crippen molar-refractivity contribution in [2.45, 2.75) is 51.8 Å². The highest BCUT2D eigenvalue weighted by Crippen LogP contribution is 2.26. The average Bonchev–Trinajstić information content (AvgIpc) is 2.43. The van der Waals surface area contributed by atoms with Crippen LogP contribution in [0, 0.1) is 5.92 Å². The van der Waals surface area contributed by atoms with Crippen molar-refractivity contribution in [3.05, 3.63) is 36.4 Å². The second-order valence-corrected chi connectivity index (χ2v) is 6.13. The van der Waals surface area contributed by atoms with Gasteiger partial charge in [-0.25, -0.2) is 0 Å². The summed E-state index contributed by atoms with van der Waals surface area (Å²) in [5.74, 6) is -3.61. The van der Waals surface area contributed by atoms with Gasteiger partial charge < -0.3 is 9.84 Å². The summed E-state index contributed by atoms with van der Waals surface area (Å²) in [7, 11) is 0. The van der Waals surface area contributed by atoms with Crippen LogP contribution in [-0.4, -0.2) is 28.8 Å². The number of alkyl halides is 3. The van der Waals surface area contributed by atoms with E-state index in [0.29, 0.717) is 0 Å². The van der Waals surface area contributed by atoms with E-state index in [1.165, 1.54) is 0 Å². The van der Waals surface area contributed by atoms with Gasteiger partial charge in [-0.1, -0.05) is 36.4 Å². The summed E-state index contributed by atoms with van der Waals surface area (Å²) < 4.78 is 40.8. The maximum atomic E-state index is 12.0. The van der Waals surface area contributed by atoms with Gasteiger partial charge in [0.15, 0.2) is 0 Å². The summed E-state index contributed by atoms with van der Waals surface area (Å²) in [4.78, 5) is 22.1. The van der Waals surface area contributed by atoms with E-state index in [0.717, 1.165) is 0 Å². The molecule has 1 rings (SSSR count). The molecule has 0 aromatic heterocycles. The molecule has 1 atom stereocenters. The van der Waals surface area contributed by atoms with Crippen LogP contribution in [0.5, 0.6) is 0 Å². The summed E-state index contributed by atoms with van der Waals surface area (Å²) >= 11 is 0. The first kappa shape index (κ1) is 21.9. The number of rotatable bonds is 5. The van der Waals surface area contributed by atoms with Crippen LogP contribution in [-0.2, 0) is 14.3 Å². The number of carboxylic acid groups (broad SMARTS) is 1. The van der Waals surface area contributed by atoms with Gasteiger partial charge in [-0.3, -0.25) is 9.59 Å². The van der Waals surface area contributed by atoms with Crippen molar-refractivity contribution in [1.29, 1.82) is 0 Å². The fourth-order valence-electron chi connectivity index (χ4n) is 1.62. The molecule has 4 nitrogen and oxygen atoms in total. The second-order valence-electron chi connectivity index (χ2n) is 6.13. The molecule has 0 aliphatic carbocycles. The van der Waals surface area contributed by atoms with Crippen molar-refractivity contribution in [1.82, 2.24) is 0 Å². The number of carbonyl (C=O) groups excluding carboxylic acids is 1. The van der Waals surface area contributed by atoms with Gasteiger partial charge in [-0.05, 0) is 27.2 Å². The zero-order valence-electron chi connectivity index (χ0n) is 14.0. The molecule has 0 aliphatic heterocycles. The van der Waals surface area contributed by atoms with Crippen LogP contribution in [0.25, 0.3) is 0 Å². The third-order valence-corrected chi connectivity index (χ3v) is 2.63. The van der Waals surface area contributed by atoms with Gasteiger partial charge in [0.05, 0.1) is 12.3 Å². The fourth-order valence-corrected chi connectivity index (χ4v) is 1.62. The Bertz CT molecular complexity index is 466. The van der Waals surface area contributed by atoms with Crippen LogP contribution >= 0.6 is 0 Å². The van der Waals surface area contributed by atoms with Crippen molar-refractivity contribution in [2.75, 3.05) is 0 Å². The molecule has 0 amide bonds. The minimum absolute atomic E-state index is 0.553. The lowest BCUT2D eigenvalue weighted by Crippen LogP contribution is -2.28. The van der Waals surface area contributed by atoms with E-state index in [2.05, 4.69) is 0 Å². The Hall–Kier alpha value is -2.05. The van der Waals surface area contributed by atoms with E-state index >= 15 is 0 Å². The van der Waals surface area contributed by atoms with Crippen LogP contribution in [0.4, 0.5) is 13.2 Å². The number of hydrogen-bond donors (Lipinski definition) is 1. The standard InChI is InChI=1S/C11H17F3O4.C6H6/c1-10(2,3)18-8(15)6-7(9(16)17)4-5-11(12,13)14;1-2-4-6-5-3-1/h7H,4-6H2,1-3H3,(H,16,17);1-6H/t7-;/m1./s1. The molecule has 1 aromatic rings. The molecule has 0 fully saturated rings. The van der Waals surface area contributed by atoms with E-state index in [-0.39, 0.29) is 0 Å². The predicted molar refractivity (Wildman–Crippen MR) is 83.3 cm³/mol. The van der Waals surface area contributed by atoms with Crippen LogP contribution in [0.15, 0.2) is 36.4 Å². The molecule has 0 aliphatic rings. The largest absolute Gasteiger partial charge is 0.481 e. The SMILES string of the molecule is CC(C)(C)OC(=O)C[C@@H](CCC(F)(F)F)C(=O)O.c1ccccc1. The van der Waals surface area contributed by atoms with Gasteiger partial charge in [-0.15, -0.1) is 0 Å². The van der Waals surface area contributed by atoms with Crippen molar-refractivity contribution in [3.8, 4) is 0 Å². The summed E-state index contributed by atoms with van der Waals surface area (Å²) in [5, 5.41) is 8.74. The zero-order valence-corrected chi connectivity index (χ0v) is 14.0. The van der Waals surface area contributed by atoms with Crippen molar-refractivity contribution >= 4 is 11.9 Å². The van der Waals surface area contributed by atoms with E-state index < -0.39 is 48.9 Å². The number of hydrogen-bond acceptors (Lipinski definition) is 3. The van der Waals surface area contributed by atoms with Crippen molar-refractivity contribution in [3.63, 3.8) is 0 Å². The molecule has 1 aromatic carbocycles. The van der Waals surface area contributed by atoms with Crippen LogP contribution < -0.4 is 0 Å². The molecular weight excluding hydrogens is 325 g/mol. The van der Waals surface area contributed by atoms with Crippen LogP contribution in [0.3, 0.4) is 0 Å². The van der Waals surface area contributed by atoms with Gasteiger partial charge in [-0.2, -0.15) is 13.2 Å². The topological polar surface area (TPSA) is 63.6 Å². The zero-order chi connectivity index (χ0) is 18.8. The average molecular weight is 348 g/mol. The molecule has 0 saturated heterocycles. The van der Waals surface area contributed by atoms with E-state index in [1.807, 2.05) is 36.4 Å². The van der Waals surface area contributed by atoms with Crippen molar-refractivity contribution < 1.29 is 32.6 Å². The molecule has 0 unspecified atom stereocenters. The maximum absolute atomic E-state index is 12.0. The quantitative estimate of drug-likeness (QED) is 0.799. The van der Waals surface area contributed by atoms with Gasteiger partial charge >= 0.3 is 18.1 Å². The molecule has 0 saturated carbocycles. The van der Waals surface area contributed by atoms with Gasteiger partial charge in [0.25, 0.3) is 0 Å². The Morgan fingerprint density at radius 3 is 1.71 bits per heavy atom. The highest BCUT2D eigenvalue weighted by atomic mass is 19.4. The first-order chi connectivity index (χ1) is 10.9. The predicted octanol–water partition coefficient (Wildman–Crippen LogP) is 4.45. The molecule has 0 radical (unpaired) electrons. The summed E-state index contributed by atoms with van der Waals surface area (Å²) in [6.45, 7) is 4.78. The molecule has 0 heterocycles. The monoisotopic (exact) mass is 348 g/mol. The highest BCUT2D eigenvalue weighted by Gasteiger charge is 2.32. The Morgan fingerprint density at radius 2 is 1.42 bits per heavy atom. The number of carboxylic acids is 1. The van der Waals surface area contributed by atoms with E-state index in [4.69, 9.17) is 9.84 Å². The van der Waals surface area contributed by atoms with Gasteiger partial charge in [0.1, 0.15) is 5.60 Å². The molecule has 1 N–H and O–H groups in total. The lowest BCUT2D eigenvalue weighted by Gasteiger charge is -2.21. The first-order valence-electron chi connectivity index (χ1n) is 7.42. The number of benzene rings is 1. The van der Waals surface area contributed by atoms with E-state index in [1.54, 1.807) is 20.8 Å². The summed E-state index contributed by atoms with van der Waals surface area (Å²) in [6.07, 6.45) is -6.84. The first-order valence-corrected chi connectivity index (χ1v) is 7.42.